The highest BCUT2D eigenvalue weighted by Crippen LogP contribution is 2.39. The molecule has 0 amide bonds. The van der Waals surface area contributed by atoms with Gasteiger partial charge < -0.3 is 0 Å². The Hall–Kier alpha value is -4.68. The Balaban J connectivity index is 0.951. The molecule has 6 heteroatoms. The Morgan fingerprint density at radius 1 is 0.545 bits per heavy atom. The fourth-order valence-corrected chi connectivity index (χ4v) is 6.34. The first-order valence-corrected chi connectivity index (χ1v) is 15.4. The van der Waals surface area contributed by atoms with E-state index in [1.807, 2.05) is 97.1 Å². The van der Waals surface area contributed by atoms with Crippen LogP contribution in [0.5, 0.6) is 0 Å². The minimum absolute atomic E-state index is 0.102. The third-order valence-corrected chi connectivity index (χ3v) is 8.74. The summed E-state index contributed by atoms with van der Waals surface area (Å²) in [5.41, 5.74) is 4.51. The minimum atomic E-state index is -0.505. The van der Waals surface area contributed by atoms with E-state index in [2.05, 4.69) is 6.08 Å². The zero-order valence-electron chi connectivity index (χ0n) is 24.6. The topological polar surface area (TPSA) is 71.1 Å². The zero-order chi connectivity index (χ0) is 30.1. The quantitative estimate of drug-likeness (QED) is 0.143. The van der Waals surface area contributed by atoms with Crippen molar-refractivity contribution in [2.24, 2.45) is 11.8 Å². The summed E-state index contributed by atoms with van der Waals surface area (Å²) in [4.78, 5) is 47.5. The molecule has 0 saturated heterocycles. The van der Waals surface area contributed by atoms with Crippen LogP contribution in [-0.2, 0) is 19.6 Å². The average molecular weight is 589 g/mol. The third-order valence-electron chi connectivity index (χ3n) is 8.74. The van der Waals surface area contributed by atoms with E-state index < -0.39 is 11.9 Å². The Bertz CT molecular complexity index is 1590. The molecule has 2 aliphatic carbocycles. The molecule has 44 heavy (non-hydrogen) atoms. The fourth-order valence-electron chi connectivity index (χ4n) is 6.34. The molecule has 6 rings (SSSR count). The summed E-state index contributed by atoms with van der Waals surface area (Å²) >= 11 is 0. The van der Waals surface area contributed by atoms with E-state index in [0.29, 0.717) is 28.7 Å². The third kappa shape index (κ3) is 7.09. The van der Waals surface area contributed by atoms with Gasteiger partial charge in [-0.3, -0.25) is 9.78 Å². The lowest BCUT2D eigenvalue weighted by atomic mass is 9.74. The van der Waals surface area contributed by atoms with E-state index in [1.54, 1.807) is 12.1 Å². The van der Waals surface area contributed by atoms with E-state index in [-0.39, 0.29) is 6.10 Å². The predicted octanol–water partition coefficient (Wildman–Crippen LogP) is 9.14. The SMILES string of the molecule is O=C(OOC1=CCC(C2CCC(OOC(=O)c3ccccc3-c3ccccc3)CC2)CC1)c1ccccc1-c1ccccc1. The lowest BCUT2D eigenvalue weighted by Crippen LogP contribution is -2.28. The van der Waals surface area contributed by atoms with Crippen LogP contribution in [0.4, 0.5) is 0 Å². The summed E-state index contributed by atoms with van der Waals surface area (Å²) in [5.74, 6) is 0.836. The summed E-state index contributed by atoms with van der Waals surface area (Å²) in [7, 11) is 0. The maximum absolute atomic E-state index is 12.9. The van der Waals surface area contributed by atoms with Gasteiger partial charge in [-0.05, 0) is 90.8 Å². The Morgan fingerprint density at radius 2 is 1.07 bits per heavy atom. The highest BCUT2D eigenvalue weighted by molar-refractivity contribution is 5.97. The van der Waals surface area contributed by atoms with Gasteiger partial charge in [-0.15, -0.1) is 0 Å². The standard InChI is InChI=1S/C38H36O6/c39-37(35-17-9-7-15-33(35)29-11-3-1-4-12-29)43-41-31-23-19-27(20-24-31)28-21-25-32(26-22-28)42-44-38(40)36-18-10-8-16-34(36)30-13-5-2-6-14-30/h1-18,23,27-28,32H,19-22,24-26H2. The van der Waals surface area contributed by atoms with Gasteiger partial charge in [0.1, 0.15) is 6.10 Å². The molecule has 1 saturated carbocycles. The van der Waals surface area contributed by atoms with Crippen LogP contribution in [0.2, 0.25) is 0 Å². The molecule has 4 aromatic carbocycles. The van der Waals surface area contributed by atoms with E-state index in [0.717, 1.165) is 67.2 Å². The van der Waals surface area contributed by atoms with E-state index in [4.69, 9.17) is 19.6 Å². The molecule has 0 aromatic heterocycles. The van der Waals surface area contributed by atoms with Gasteiger partial charge in [-0.1, -0.05) is 97.1 Å². The Kier molecular flexibility index (Phi) is 9.48. The highest BCUT2D eigenvalue weighted by Gasteiger charge is 2.31. The molecule has 0 aliphatic heterocycles. The molecule has 6 nitrogen and oxygen atoms in total. The van der Waals surface area contributed by atoms with Crippen LogP contribution in [0.25, 0.3) is 22.3 Å². The Morgan fingerprint density at radius 3 is 1.61 bits per heavy atom. The number of benzene rings is 4. The monoisotopic (exact) mass is 588 g/mol. The van der Waals surface area contributed by atoms with Crippen molar-refractivity contribution in [3.63, 3.8) is 0 Å². The lowest BCUT2D eigenvalue weighted by Gasteiger charge is -2.34. The number of carbonyl (C=O) groups excluding carboxylic acids is 2. The molecular formula is C38H36O6. The van der Waals surface area contributed by atoms with Gasteiger partial charge in [0.25, 0.3) is 0 Å². The van der Waals surface area contributed by atoms with Crippen molar-refractivity contribution >= 4 is 11.9 Å². The van der Waals surface area contributed by atoms with Crippen LogP contribution in [0.15, 0.2) is 121 Å². The van der Waals surface area contributed by atoms with Crippen LogP contribution in [-0.4, -0.2) is 18.0 Å². The summed E-state index contributed by atoms with van der Waals surface area (Å²) in [6.45, 7) is 0. The van der Waals surface area contributed by atoms with Crippen molar-refractivity contribution in [1.82, 2.24) is 0 Å². The largest absolute Gasteiger partial charge is 0.386 e. The molecule has 2 aliphatic rings. The van der Waals surface area contributed by atoms with Crippen molar-refractivity contribution in [3.05, 3.63) is 132 Å². The van der Waals surface area contributed by atoms with Crippen LogP contribution < -0.4 is 0 Å². The Labute approximate surface area is 258 Å². The van der Waals surface area contributed by atoms with Gasteiger partial charge in [0.05, 0.1) is 11.1 Å². The fraction of sp³-hybridized carbons (Fsp3) is 0.263. The summed E-state index contributed by atoms with van der Waals surface area (Å²) in [5, 5.41) is 0. The van der Waals surface area contributed by atoms with Crippen LogP contribution in [0, 0.1) is 11.8 Å². The van der Waals surface area contributed by atoms with Crippen molar-refractivity contribution < 1.29 is 29.1 Å². The van der Waals surface area contributed by atoms with E-state index in [9.17, 15) is 9.59 Å². The van der Waals surface area contributed by atoms with Crippen molar-refractivity contribution in [2.75, 3.05) is 0 Å². The second-order valence-corrected chi connectivity index (χ2v) is 11.5. The summed E-state index contributed by atoms with van der Waals surface area (Å²) in [6.07, 6.45) is 8.27. The highest BCUT2D eigenvalue weighted by atomic mass is 17.2. The summed E-state index contributed by atoms with van der Waals surface area (Å²) < 4.78 is 0. The first kappa shape index (κ1) is 29.4. The maximum atomic E-state index is 12.9. The smallest absolute Gasteiger partial charge is 0.293 e. The molecule has 1 unspecified atom stereocenters. The van der Waals surface area contributed by atoms with Crippen LogP contribution >= 0.6 is 0 Å². The molecule has 1 atom stereocenters. The van der Waals surface area contributed by atoms with Crippen molar-refractivity contribution in [2.45, 2.75) is 51.0 Å². The summed E-state index contributed by atoms with van der Waals surface area (Å²) in [6, 6.07) is 34.4. The number of allylic oxidation sites excluding steroid dienone is 2. The lowest BCUT2D eigenvalue weighted by molar-refractivity contribution is -0.281. The molecule has 1 fully saturated rings. The molecule has 0 radical (unpaired) electrons. The molecule has 0 N–H and O–H groups in total. The number of rotatable bonds is 9. The normalized spacial score (nSPS) is 19.8. The predicted molar refractivity (Wildman–Crippen MR) is 168 cm³/mol. The van der Waals surface area contributed by atoms with Crippen molar-refractivity contribution in [3.8, 4) is 22.3 Å². The minimum Gasteiger partial charge on any atom is -0.293 e. The van der Waals surface area contributed by atoms with Gasteiger partial charge in [-0.2, -0.15) is 4.89 Å². The zero-order valence-corrected chi connectivity index (χ0v) is 24.6. The molecular weight excluding hydrogens is 552 g/mol. The molecule has 0 bridgehead atoms. The maximum Gasteiger partial charge on any atom is 0.386 e. The van der Waals surface area contributed by atoms with Gasteiger partial charge in [-0.25, -0.2) is 14.5 Å². The van der Waals surface area contributed by atoms with Gasteiger partial charge in [0, 0.05) is 6.42 Å². The molecule has 224 valence electrons. The molecule has 0 spiro atoms. The van der Waals surface area contributed by atoms with Crippen LogP contribution in [0.3, 0.4) is 0 Å². The van der Waals surface area contributed by atoms with E-state index in [1.165, 1.54) is 0 Å². The number of hydrogen-bond donors (Lipinski definition) is 0. The molecule has 4 aromatic rings. The molecule has 0 heterocycles. The second kappa shape index (κ2) is 14.2. The van der Waals surface area contributed by atoms with Crippen molar-refractivity contribution in [1.29, 1.82) is 0 Å². The number of carbonyl (C=O) groups is 2. The average Bonchev–Trinajstić information content (AvgIpc) is 3.11. The number of hydrogen-bond acceptors (Lipinski definition) is 6. The van der Waals surface area contributed by atoms with E-state index >= 15 is 0 Å². The van der Waals surface area contributed by atoms with Gasteiger partial charge in [0.15, 0.2) is 5.76 Å². The van der Waals surface area contributed by atoms with Gasteiger partial charge >= 0.3 is 11.9 Å². The second-order valence-electron chi connectivity index (χ2n) is 11.5. The first-order chi connectivity index (χ1) is 21.7. The van der Waals surface area contributed by atoms with Gasteiger partial charge in [0.2, 0.25) is 0 Å². The van der Waals surface area contributed by atoms with Crippen LogP contribution in [0.1, 0.15) is 65.7 Å². The first-order valence-electron chi connectivity index (χ1n) is 15.4.